The van der Waals surface area contributed by atoms with Crippen molar-refractivity contribution in [3.63, 3.8) is 0 Å². The lowest BCUT2D eigenvalue weighted by Gasteiger charge is -2.33. The van der Waals surface area contributed by atoms with Crippen molar-refractivity contribution < 1.29 is 13.5 Å². The first-order chi connectivity index (χ1) is 9.40. The Hall–Kier alpha value is -0.170. The minimum absolute atomic E-state index is 0.00959. The van der Waals surface area contributed by atoms with Crippen molar-refractivity contribution in [3.8, 4) is 0 Å². The third-order valence-electron chi connectivity index (χ3n) is 4.93. The Labute approximate surface area is 123 Å². The molecule has 0 aromatic heterocycles. The Morgan fingerprint density at radius 3 is 2.20 bits per heavy atom. The summed E-state index contributed by atoms with van der Waals surface area (Å²) in [6.07, 6.45) is 6.83. The molecule has 0 aliphatic heterocycles. The Balaban J connectivity index is 2.64. The second-order valence-corrected chi connectivity index (χ2v) is 7.81. The van der Waals surface area contributed by atoms with Gasteiger partial charge in [0, 0.05) is 31.7 Å². The van der Waals surface area contributed by atoms with E-state index in [1.807, 2.05) is 13.8 Å². The molecule has 0 spiro atoms. The van der Waals surface area contributed by atoms with Gasteiger partial charge in [-0.3, -0.25) is 0 Å². The highest BCUT2D eigenvalue weighted by Crippen LogP contribution is 2.26. The normalized spacial score (nSPS) is 18.6. The molecule has 0 radical (unpaired) electrons. The number of hydrogen-bond donors (Lipinski definition) is 2. The van der Waals surface area contributed by atoms with E-state index >= 15 is 0 Å². The summed E-state index contributed by atoms with van der Waals surface area (Å²) in [6.45, 7) is 4.28. The van der Waals surface area contributed by atoms with Gasteiger partial charge in [-0.15, -0.1) is 0 Å². The zero-order chi connectivity index (χ0) is 15.2. The van der Waals surface area contributed by atoms with E-state index in [0.29, 0.717) is 6.54 Å². The van der Waals surface area contributed by atoms with E-state index in [9.17, 15) is 13.5 Å². The van der Waals surface area contributed by atoms with Crippen molar-refractivity contribution in [1.82, 2.24) is 9.03 Å². The summed E-state index contributed by atoms with van der Waals surface area (Å²) in [5, 5.41) is 9.51. The summed E-state index contributed by atoms with van der Waals surface area (Å²) >= 11 is 0. The molecule has 1 saturated carbocycles. The molecule has 1 rings (SSSR count). The zero-order valence-electron chi connectivity index (χ0n) is 13.1. The monoisotopic (exact) mass is 306 g/mol. The highest BCUT2D eigenvalue weighted by atomic mass is 32.2. The van der Waals surface area contributed by atoms with Gasteiger partial charge in [0.15, 0.2) is 0 Å². The van der Waals surface area contributed by atoms with E-state index < -0.39 is 10.2 Å². The quantitative estimate of drug-likeness (QED) is 0.719. The van der Waals surface area contributed by atoms with Crippen LogP contribution in [-0.2, 0) is 10.2 Å². The van der Waals surface area contributed by atoms with Crippen LogP contribution in [0.25, 0.3) is 0 Å². The number of aliphatic hydroxyl groups is 1. The smallest absolute Gasteiger partial charge is 0.279 e. The van der Waals surface area contributed by atoms with Crippen LogP contribution < -0.4 is 4.72 Å². The molecule has 5 nitrogen and oxygen atoms in total. The van der Waals surface area contributed by atoms with Crippen LogP contribution >= 0.6 is 0 Å². The molecular formula is C14H30N2O3S. The summed E-state index contributed by atoms with van der Waals surface area (Å²) in [7, 11) is -1.79. The molecule has 0 atom stereocenters. The summed E-state index contributed by atoms with van der Waals surface area (Å²) < 4.78 is 28.9. The topological polar surface area (TPSA) is 69.6 Å². The Morgan fingerprint density at radius 1 is 1.20 bits per heavy atom. The third kappa shape index (κ3) is 4.41. The van der Waals surface area contributed by atoms with Gasteiger partial charge in [0.2, 0.25) is 0 Å². The molecule has 0 amide bonds. The second kappa shape index (κ2) is 7.73. The van der Waals surface area contributed by atoms with Gasteiger partial charge in [-0.2, -0.15) is 12.7 Å². The van der Waals surface area contributed by atoms with Crippen LogP contribution in [0.1, 0.15) is 58.8 Å². The van der Waals surface area contributed by atoms with Crippen molar-refractivity contribution in [2.75, 3.05) is 20.2 Å². The van der Waals surface area contributed by atoms with Crippen molar-refractivity contribution in [1.29, 1.82) is 0 Å². The van der Waals surface area contributed by atoms with Gasteiger partial charge in [0.05, 0.1) is 0 Å². The summed E-state index contributed by atoms with van der Waals surface area (Å²) in [6, 6.07) is 0.119. The molecule has 0 unspecified atom stereocenters. The fourth-order valence-corrected chi connectivity index (χ4v) is 4.06. The van der Waals surface area contributed by atoms with Crippen molar-refractivity contribution in [2.45, 2.75) is 64.8 Å². The second-order valence-electron chi connectivity index (χ2n) is 6.00. The van der Waals surface area contributed by atoms with Gasteiger partial charge in [-0.25, -0.2) is 4.72 Å². The van der Waals surface area contributed by atoms with E-state index in [0.717, 1.165) is 38.5 Å². The predicted molar refractivity (Wildman–Crippen MR) is 81.7 cm³/mol. The molecule has 1 fully saturated rings. The molecule has 0 aromatic carbocycles. The number of rotatable bonds is 8. The van der Waals surface area contributed by atoms with Gasteiger partial charge >= 0.3 is 0 Å². The average molecular weight is 306 g/mol. The Kier molecular flexibility index (Phi) is 6.91. The van der Waals surface area contributed by atoms with Crippen LogP contribution in [-0.4, -0.2) is 44.1 Å². The fraction of sp³-hybridized carbons (Fsp3) is 1.00. The van der Waals surface area contributed by atoms with Crippen molar-refractivity contribution in [2.24, 2.45) is 5.41 Å². The lowest BCUT2D eigenvalue weighted by atomic mass is 9.84. The molecule has 6 heteroatoms. The SMILES string of the molecule is CCC(CC)(CO)CNS(=O)(=O)N(C)C1CCCCC1. The Bertz CT molecular complexity index is 366. The summed E-state index contributed by atoms with van der Waals surface area (Å²) in [4.78, 5) is 0. The lowest BCUT2D eigenvalue weighted by molar-refractivity contribution is 0.118. The van der Waals surface area contributed by atoms with Crippen LogP contribution in [0.4, 0.5) is 0 Å². The van der Waals surface area contributed by atoms with E-state index in [1.165, 1.54) is 10.7 Å². The number of nitrogens with one attached hydrogen (secondary N) is 1. The van der Waals surface area contributed by atoms with Crippen LogP contribution in [0.3, 0.4) is 0 Å². The number of hydrogen-bond acceptors (Lipinski definition) is 3. The van der Waals surface area contributed by atoms with Gasteiger partial charge in [-0.1, -0.05) is 33.1 Å². The molecule has 0 saturated heterocycles. The minimum atomic E-state index is -3.45. The molecule has 0 aromatic rings. The largest absolute Gasteiger partial charge is 0.396 e. The van der Waals surface area contributed by atoms with E-state index in [2.05, 4.69) is 4.72 Å². The van der Waals surface area contributed by atoms with Crippen molar-refractivity contribution >= 4 is 10.2 Å². The standard InChI is InChI=1S/C14H30N2O3S/c1-4-14(5-2,12-17)11-15-20(18,19)16(3)13-9-7-6-8-10-13/h13,15,17H,4-12H2,1-3H3. The maximum Gasteiger partial charge on any atom is 0.279 e. The first-order valence-corrected chi connectivity index (χ1v) is 9.18. The highest BCUT2D eigenvalue weighted by Gasteiger charge is 2.31. The molecule has 0 bridgehead atoms. The molecule has 120 valence electrons. The van der Waals surface area contributed by atoms with Crippen LogP contribution in [0.2, 0.25) is 0 Å². The Morgan fingerprint density at radius 2 is 1.75 bits per heavy atom. The first kappa shape index (κ1) is 17.9. The van der Waals surface area contributed by atoms with Gasteiger partial charge < -0.3 is 5.11 Å². The molecule has 0 heterocycles. The summed E-state index contributed by atoms with van der Waals surface area (Å²) in [5.41, 5.74) is -0.347. The minimum Gasteiger partial charge on any atom is -0.396 e. The maximum absolute atomic E-state index is 12.4. The van der Waals surface area contributed by atoms with Gasteiger partial charge in [-0.05, 0) is 25.7 Å². The van der Waals surface area contributed by atoms with Crippen LogP contribution in [0, 0.1) is 5.41 Å². The third-order valence-corrected chi connectivity index (χ3v) is 6.50. The molecule has 1 aliphatic rings. The van der Waals surface area contributed by atoms with E-state index in [-0.39, 0.29) is 18.1 Å². The van der Waals surface area contributed by atoms with E-state index in [4.69, 9.17) is 0 Å². The number of nitrogens with zero attached hydrogens (tertiary/aromatic N) is 1. The molecular weight excluding hydrogens is 276 g/mol. The van der Waals surface area contributed by atoms with E-state index in [1.54, 1.807) is 7.05 Å². The maximum atomic E-state index is 12.4. The zero-order valence-corrected chi connectivity index (χ0v) is 13.9. The lowest BCUT2D eigenvalue weighted by Crippen LogP contribution is -2.48. The molecule has 2 N–H and O–H groups in total. The fourth-order valence-electron chi connectivity index (χ4n) is 2.77. The van der Waals surface area contributed by atoms with Crippen LogP contribution in [0.15, 0.2) is 0 Å². The highest BCUT2D eigenvalue weighted by molar-refractivity contribution is 7.87. The van der Waals surface area contributed by atoms with Gasteiger partial charge in [0.25, 0.3) is 10.2 Å². The first-order valence-electron chi connectivity index (χ1n) is 7.74. The summed E-state index contributed by atoms with van der Waals surface area (Å²) in [5.74, 6) is 0. The van der Waals surface area contributed by atoms with Crippen molar-refractivity contribution in [3.05, 3.63) is 0 Å². The number of aliphatic hydroxyl groups excluding tert-OH is 1. The predicted octanol–water partition coefficient (Wildman–Crippen LogP) is 1.88. The average Bonchev–Trinajstić information content (AvgIpc) is 2.49. The van der Waals surface area contributed by atoms with Gasteiger partial charge in [0.1, 0.15) is 0 Å². The van der Waals surface area contributed by atoms with Crippen LogP contribution in [0.5, 0.6) is 0 Å². The molecule has 1 aliphatic carbocycles. The molecule has 20 heavy (non-hydrogen) atoms.